The topological polar surface area (TPSA) is 42.0 Å². The molecule has 0 bridgehead atoms. The van der Waals surface area contributed by atoms with Crippen molar-refractivity contribution < 1.29 is 4.79 Å². The quantitative estimate of drug-likeness (QED) is 0.744. The largest absolute Gasteiger partial charge is 0.355 e. The highest BCUT2D eigenvalue weighted by Gasteiger charge is 2.20. The third-order valence-corrected chi connectivity index (χ3v) is 4.88. The fraction of sp³-hybridized carbons (Fsp3) is 0.222. The van der Waals surface area contributed by atoms with Gasteiger partial charge in [-0.2, -0.15) is 4.37 Å². The number of benzene rings is 2. The molecule has 0 saturated carbocycles. The van der Waals surface area contributed by atoms with Crippen molar-refractivity contribution in [1.82, 2.24) is 9.69 Å². The lowest BCUT2D eigenvalue weighted by atomic mass is 10.0. The average molecular weight is 345 g/mol. The summed E-state index contributed by atoms with van der Waals surface area (Å²) >= 11 is 7.38. The Hall–Kier alpha value is -1.91. The molecule has 0 aliphatic carbocycles. The van der Waals surface area contributed by atoms with Gasteiger partial charge in [0.15, 0.2) is 0 Å². The van der Waals surface area contributed by atoms with E-state index in [4.69, 9.17) is 11.6 Å². The van der Waals surface area contributed by atoms with Gasteiger partial charge in [-0.1, -0.05) is 48.0 Å². The van der Waals surface area contributed by atoms with Crippen LogP contribution in [0.25, 0.3) is 10.1 Å². The number of fused-ring (bicyclic) bond motifs is 1. The van der Waals surface area contributed by atoms with Crippen molar-refractivity contribution >= 4 is 39.1 Å². The first kappa shape index (κ1) is 16.0. The van der Waals surface area contributed by atoms with Crippen LogP contribution < -0.4 is 5.32 Å². The summed E-state index contributed by atoms with van der Waals surface area (Å²) < 4.78 is 5.46. The Balaban J connectivity index is 1.64. The molecule has 0 spiro atoms. The third kappa shape index (κ3) is 3.71. The number of carbonyl (C=O) groups excluding carboxylic acids is 1. The summed E-state index contributed by atoms with van der Waals surface area (Å²) in [6, 6.07) is 15.8. The molecule has 0 fully saturated rings. The molecule has 0 aliphatic heterocycles. The van der Waals surface area contributed by atoms with Gasteiger partial charge in [0, 0.05) is 17.0 Å². The van der Waals surface area contributed by atoms with E-state index >= 15 is 0 Å². The second kappa shape index (κ2) is 7.11. The molecule has 1 amide bonds. The number of halogens is 1. The van der Waals surface area contributed by atoms with Crippen molar-refractivity contribution in [3.8, 4) is 0 Å². The minimum atomic E-state index is -0.277. The average Bonchev–Trinajstić information content (AvgIpc) is 2.98. The first-order valence-electron chi connectivity index (χ1n) is 7.51. The van der Waals surface area contributed by atoms with E-state index in [9.17, 15) is 4.79 Å². The Kier molecular flexibility index (Phi) is 4.94. The second-order valence-electron chi connectivity index (χ2n) is 5.46. The van der Waals surface area contributed by atoms with Gasteiger partial charge in [0.1, 0.15) is 0 Å². The van der Waals surface area contributed by atoms with Gasteiger partial charge in [-0.3, -0.25) is 4.79 Å². The van der Waals surface area contributed by atoms with Crippen LogP contribution in [0.3, 0.4) is 0 Å². The van der Waals surface area contributed by atoms with Crippen molar-refractivity contribution in [2.45, 2.75) is 19.3 Å². The monoisotopic (exact) mass is 344 g/mol. The Morgan fingerprint density at radius 3 is 2.83 bits per heavy atom. The predicted octanol–water partition coefficient (Wildman–Crippen LogP) is 4.41. The maximum absolute atomic E-state index is 12.4. The molecule has 0 radical (unpaired) electrons. The second-order valence-corrected chi connectivity index (χ2v) is 6.70. The highest BCUT2D eigenvalue weighted by Crippen LogP contribution is 2.30. The van der Waals surface area contributed by atoms with Gasteiger partial charge in [-0.15, -0.1) is 0 Å². The summed E-state index contributed by atoms with van der Waals surface area (Å²) in [6.07, 6.45) is 0.826. The zero-order valence-electron chi connectivity index (χ0n) is 12.8. The predicted molar refractivity (Wildman–Crippen MR) is 96.2 cm³/mol. The summed E-state index contributed by atoms with van der Waals surface area (Å²) in [4.78, 5) is 12.4. The fourth-order valence-electron chi connectivity index (χ4n) is 2.50. The van der Waals surface area contributed by atoms with Crippen molar-refractivity contribution in [3.63, 3.8) is 0 Å². The van der Waals surface area contributed by atoms with E-state index < -0.39 is 0 Å². The molecule has 3 aromatic rings. The van der Waals surface area contributed by atoms with Crippen LogP contribution >= 0.6 is 23.1 Å². The molecule has 1 atom stereocenters. The van der Waals surface area contributed by atoms with E-state index in [0.29, 0.717) is 11.6 Å². The van der Waals surface area contributed by atoms with Gasteiger partial charge in [0.25, 0.3) is 0 Å². The lowest BCUT2D eigenvalue weighted by Crippen LogP contribution is -2.30. The standard InChI is InChI=1S/C18H17ClN2OS/c1-12(17-15-8-7-14(19)11-16(15)23-21-17)18(22)20-10-9-13-5-3-2-4-6-13/h2-8,11-12H,9-10H2,1H3,(H,20,22). The van der Waals surface area contributed by atoms with Crippen molar-refractivity contribution in [2.24, 2.45) is 0 Å². The van der Waals surface area contributed by atoms with Crippen LogP contribution in [0.1, 0.15) is 24.1 Å². The number of hydrogen-bond donors (Lipinski definition) is 1. The van der Waals surface area contributed by atoms with E-state index in [1.807, 2.05) is 43.3 Å². The van der Waals surface area contributed by atoms with E-state index in [2.05, 4.69) is 21.8 Å². The minimum absolute atomic E-state index is 0.00285. The Labute approximate surface area is 144 Å². The minimum Gasteiger partial charge on any atom is -0.355 e. The van der Waals surface area contributed by atoms with Gasteiger partial charge in [-0.05, 0) is 42.6 Å². The van der Waals surface area contributed by atoms with Crippen molar-refractivity contribution in [3.05, 3.63) is 64.8 Å². The summed E-state index contributed by atoms with van der Waals surface area (Å²) in [6.45, 7) is 2.52. The van der Waals surface area contributed by atoms with Gasteiger partial charge in [0.05, 0.1) is 16.3 Å². The molecule has 1 unspecified atom stereocenters. The molecular weight excluding hydrogens is 328 g/mol. The zero-order chi connectivity index (χ0) is 16.2. The van der Waals surface area contributed by atoms with Crippen LogP contribution in [0.2, 0.25) is 5.02 Å². The Morgan fingerprint density at radius 2 is 2.04 bits per heavy atom. The highest BCUT2D eigenvalue weighted by molar-refractivity contribution is 7.13. The Bertz CT molecular complexity index is 816. The lowest BCUT2D eigenvalue weighted by molar-refractivity contribution is -0.122. The summed E-state index contributed by atoms with van der Waals surface area (Å²) in [7, 11) is 0. The normalized spacial score (nSPS) is 12.3. The zero-order valence-corrected chi connectivity index (χ0v) is 14.3. The molecule has 1 aromatic heterocycles. The first-order chi connectivity index (χ1) is 11.1. The first-order valence-corrected chi connectivity index (χ1v) is 8.67. The molecular formula is C18H17ClN2OS. The number of hydrogen-bond acceptors (Lipinski definition) is 3. The van der Waals surface area contributed by atoms with E-state index in [0.717, 1.165) is 22.2 Å². The molecule has 0 saturated heterocycles. The molecule has 118 valence electrons. The summed E-state index contributed by atoms with van der Waals surface area (Å²) in [5.41, 5.74) is 2.04. The SMILES string of the molecule is CC(C(=O)NCCc1ccccc1)c1nsc2cc(Cl)ccc12. The number of nitrogens with one attached hydrogen (secondary N) is 1. The molecule has 3 nitrogen and oxygen atoms in total. The van der Waals surface area contributed by atoms with E-state index in [-0.39, 0.29) is 11.8 Å². The van der Waals surface area contributed by atoms with Crippen LogP contribution in [0, 0.1) is 0 Å². The smallest absolute Gasteiger partial charge is 0.228 e. The highest BCUT2D eigenvalue weighted by atomic mass is 35.5. The van der Waals surface area contributed by atoms with Crippen LogP contribution in [-0.4, -0.2) is 16.8 Å². The van der Waals surface area contributed by atoms with Crippen LogP contribution in [0.15, 0.2) is 48.5 Å². The summed E-state index contributed by atoms with van der Waals surface area (Å²) in [5.74, 6) is -0.274. The number of amides is 1. The van der Waals surface area contributed by atoms with Crippen molar-refractivity contribution in [2.75, 3.05) is 6.54 Å². The molecule has 5 heteroatoms. The molecule has 2 aromatic carbocycles. The summed E-state index contributed by atoms with van der Waals surface area (Å²) in [5, 5.41) is 4.69. The molecule has 0 aliphatic rings. The van der Waals surface area contributed by atoms with Crippen molar-refractivity contribution in [1.29, 1.82) is 0 Å². The number of aromatic nitrogens is 1. The van der Waals surface area contributed by atoms with E-state index in [1.54, 1.807) is 0 Å². The van der Waals surface area contributed by atoms with Gasteiger partial charge >= 0.3 is 0 Å². The molecule has 1 N–H and O–H groups in total. The maximum atomic E-state index is 12.4. The fourth-order valence-corrected chi connectivity index (χ4v) is 3.64. The number of rotatable bonds is 5. The molecule has 1 heterocycles. The lowest BCUT2D eigenvalue weighted by Gasteiger charge is -2.11. The third-order valence-electron chi connectivity index (χ3n) is 3.82. The number of carbonyl (C=O) groups is 1. The number of nitrogens with zero attached hydrogens (tertiary/aromatic N) is 1. The van der Waals surface area contributed by atoms with Gasteiger partial charge in [-0.25, -0.2) is 0 Å². The Morgan fingerprint density at radius 1 is 1.26 bits per heavy atom. The van der Waals surface area contributed by atoms with Gasteiger partial charge in [0.2, 0.25) is 5.91 Å². The van der Waals surface area contributed by atoms with Crippen LogP contribution in [-0.2, 0) is 11.2 Å². The molecule has 3 rings (SSSR count). The molecule has 23 heavy (non-hydrogen) atoms. The van der Waals surface area contributed by atoms with Gasteiger partial charge < -0.3 is 5.32 Å². The van der Waals surface area contributed by atoms with E-state index in [1.165, 1.54) is 17.1 Å². The maximum Gasteiger partial charge on any atom is 0.228 e. The van der Waals surface area contributed by atoms with Crippen LogP contribution in [0.4, 0.5) is 0 Å². The van der Waals surface area contributed by atoms with Crippen LogP contribution in [0.5, 0.6) is 0 Å².